The fraction of sp³-hybridized carbons (Fsp3) is 0.759. The van der Waals surface area contributed by atoms with Crippen molar-refractivity contribution >= 4 is 44.4 Å². The van der Waals surface area contributed by atoms with Crippen molar-refractivity contribution in [3.8, 4) is 11.5 Å². The molecule has 0 spiro atoms. The molecular formula is C29H52N5O4PSSi. The first-order valence-corrected chi connectivity index (χ1v) is 21.3. The van der Waals surface area contributed by atoms with E-state index in [-0.39, 0.29) is 19.1 Å². The summed E-state index contributed by atoms with van der Waals surface area (Å²) in [6.45, 7) is 9.45. The zero-order chi connectivity index (χ0) is 30.0. The molecule has 2 heterocycles. The van der Waals surface area contributed by atoms with Crippen molar-refractivity contribution in [3.05, 3.63) is 12.7 Å². The van der Waals surface area contributed by atoms with Crippen LogP contribution in [0.5, 0.6) is 0 Å². The van der Waals surface area contributed by atoms with Gasteiger partial charge in [0.1, 0.15) is 26.3 Å². The quantitative estimate of drug-likeness (QED) is 0.0601. The monoisotopic (exact) mass is 625 g/mol. The lowest BCUT2D eigenvalue weighted by Gasteiger charge is -2.17. The van der Waals surface area contributed by atoms with E-state index in [2.05, 4.69) is 46.4 Å². The summed E-state index contributed by atoms with van der Waals surface area (Å²) in [5.74, 6) is 5.49. The summed E-state index contributed by atoms with van der Waals surface area (Å²) >= 11 is 1.77. The van der Waals surface area contributed by atoms with E-state index >= 15 is 0 Å². The molecule has 2 aromatic heterocycles. The van der Waals surface area contributed by atoms with E-state index in [0.717, 1.165) is 12.2 Å². The van der Waals surface area contributed by atoms with E-state index < -0.39 is 15.7 Å². The van der Waals surface area contributed by atoms with Crippen LogP contribution in [0.25, 0.3) is 11.2 Å². The topological polar surface area (TPSA) is 125 Å². The summed E-state index contributed by atoms with van der Waals surface area (Å²) in [5, 5.41) is 0. The number of unbranched alkanes of at least 4 members (excludes halogenated alkanes) is 10. The SMILES string of the molecule is CC[Si](C)(C)C#CCCCCCCCCCCCCSCCOP(=O)(O)CO[C@H](C)Cn1cnc2c(N)ncnc21. The highest BCUT2D eigenvalue weighted by Gasteiger charge is 2.21. The molecule has 232 valence electrons. The lowest BCUT2D eigenvalue weighted by atomic mass is 10.1. The Balaban J connectivity index is 1.39. The van der Waals surface area contributed by atoms with Gasteiger partial charge in [0.25, 0.3) is 0 Å². The highest BCUT2D eigenvalue weighted by molar-refractivity contribution is 7.99. The molecule has 2 aromatic rings. The van der Waals surface area contributed by atoms with Gasteiger partial charge in [-0.3, -0.25) is 4.57 Å². The van der Waals surface area contributed by atoms with Gasteiger partial charge in [0, 0.05) is 12.2 Å². The van der Waals surface area contributed by atoms with Crippen LogP contribution >= 0.6 is 19.4 Å². The lowest BCUT2D eigenvalue weighted by molar-refractivity contribution is 0.0724. The molecule has 0 saturated carbocycles. The van der Waals surface area contributed by atoms with Crippen LogP contribution in [-0.2, 0) is 20.4 Å². The zero-order valence-corrected chi connectivity index (χ0v) is 28.4. The fourth-order valence-electron chi connectivity index (χ4n) is 4.18. The third-order valence-electron chi connectivity index (χ3n) is 7.08. The summed E-state index contributed by atoms with van der Waals surface area (Å²) < 4.78 is 24.9. The van der Waals surface area contributed by atoms with Gasteiger partial charge in [-0.1, -0.05) is 71.4 Å². The number of nitrogens with two attached hydrogens (primary N) is 1. The van der Waals surface area contributed by atoms with Gasteiger partial charge in [-0.2, -0.15) is 11.8 Å². The van der Waals surface area contributed by atoms with Gasteiger partial charge < -0.3 is 24.5 Å². The molecule has 0 radical (unpaired) electrons. The minimum absolute atomic E-state index is 0.240. The average Bonchev–Trinajstić information content (AvgIpc) is 3.35. The molecule has 0 aliphatic heterocycles. The van der Waals surface area contributed by atoms with Crippen LogP contribution in [0.3, 0.4) is 0 Å². The maximum atomic E-state index is 12.3. The van der Waals surface area contributed by atoms with E-state index in [1.165, 1.54) is 76.6 Å². The van der Waals surface area contributed by atoms with E-state index in [1.807, 2.05) is 6.92 Å². The van der Waals surface area contributed by atoms with Crippen LogP contribution < -0.4 is 5.73 Å². The Bertz CT molecular complexity index is 1120. The van der Waals surface area contributed by atoms with Crippen molar-refractivity contribution in [3.63, 3.8) is 0 Å². The molecule has 0 saturated heterocycles. The Labute approximate surface area is 252 Å². The molecule has 0 aliphatic rings. The Kier molecular flexibility index (Phi) is 17.2. The number of aromatic nitrogens is 4. The van der Waals surface area contributed by atoms with Crippen LogP contribution in [0, 0.1) is 11.5 Å². The maximum Gasteiger partial charge on any atom is 0.353 e. The molecule has 9 nitrogen and oxygen atoms in total. The van der Waals surface area contributed by atoms with E-state index in [4.69, 9.17) is 15.0 Å². The van der Waals surface area contributed by atoms with Crippen LogP contribution in [0.4, 0.5) is 5.82 Å². The average molecular weight is 626 g/mol. The van der Waals surface area contributed by atoms with Crippen molar-refractivity contribution in [2.75, 3.05) is 30.2 Å². The number of imidazole rings is 1. The number of rotatable bonds is 22. The summed E-state index contributed by atoms with van der Waals surface area (Å²) in [4.78, 5) is 22.4. The van der Waals surface area contributed by atoms with Gasteiger partial charge in [0.05, 0.1) is 25.6 Å². The number of fused-ring (bicyclic) bond motifs is 1. The number of thioether (sulfide) groups is 1. The van der Waals surface area contributed by atoms with Crippen LogP contribution in [0.15, 0.2) is 12.7 Å². The van der Waals surface area contributed by atoms with E-state index in [1.54, 1.807) is 22.7 Å². The number of hydrogen-bond acceptors (Lipinski definition) is 8. The Morgan fingerprint density at radius 3 is 2.39 bits per heavy atom. The lowest BCUT2D eigenvalue weighted by Crippen LogP contribution is -2.21. The number of ether oxygens (including phenoxy) is 1. The molecule has 2 rings (SSSR count). The second-order valence-corrected chi connectivity index (χ2v) is 19.1. The Morgan fingerprint density at radius 1 is 1.05 bits per heavy atom. The minimum Gasteiger partial charge on any atom is -0.382 e. The number of anilines is 1. The second kappa shape index (κ2) is 19.7. The molecule has 0 amide bonds. The predicted molar refractivity (Wildman–Crippen MR) is 175 cm³/mol. The normalized spacial score (nSPS) is 14.1. The van der Waals surface area contributed by atoms with Crippen molar-refractivity contribution in [2.45, 2.75) is 116 Å². The fourth-order valence-corrected chi connectivity index (χ4v) is 6.79. The van der Waals surface area contributed by atoms with Crippen molar-refractivity contribution in [1.82, 2.24) is 19.5 Å². The summed E-state index contributed by atoms with van der Waals surface area (Å²) in [7, 11) is -5.01. The zero-order valence-electron chi connectivity index (χ0n) is 25.6. The molecule has 0 aromatic carbocycles. The Morgan fingerprint density at radius 2 is 1.71 bits per heavy atom. The van der Waals surface area contributed by atoms with Gasteiger partial charge in [-0.25, -0.2) is 15.0 Å². The van der Waals surface area contributed by atoms with Gasteiger partial charge >= 0.3 is 7.60 Å². The first-order chi connectivity index (χ1) is 19.6. The van der Waals surface area contributed by atoms with Crippen molar-refractivity contribution in [2.24, 2.45) is 0 Å². The summed E-state index contributed by atoms with van der Waals surface area (Å²) in [6, 6.07) is 1.25. The van der Waals surface area contributed by atoms with Gasteiger partial charge in [-0.05, 0) is 31.6 Å². The van der Waals surface area contributed by atoms with Crippen LogP contribution in [0.2, 0.25) is 19.1 Å². The molecule has 0 bridgehead atoms. The smallest absolute Gasteiger partial charge is 0.353 e. The molecule has 1 unspecified atom stereocenters. The third-order valence-corrected chi connectivity index (χ3v) is 11.8. The molecule has 0 aliphatic carbocycles. The molecule has 12 heteroatoms. The van der Waals surface area contributed by atoms with Crippen molar-refractivity contribution in [1.29, 1.82) is 0 Å². The molecule has 2 atom stereocenters. The molecule has 3 N–H and O–H groups in total. The van der Waals surface area contributed by atoms with Crippen LogP contribution in [0.1, 0.15) is 84.5 Å². The highest BCUT2D eigenvalue weighted by atomic mass is 32.2. The number of nitrogens with zero attached hydrogens (tertiary/aromatic N) is 4. The standard InChI is InChI=1S/C29H52N5O4PSSi/c1-5-41(3,4)21-17-15-13-11-9-7-6-8-10-12-14-16-19-40-20-18-38-39(35,36)25-37-26(2)22-34-24-33-27-28(30)31-23-32-29(27)34/h23-24,26H,5-16,18-20,22,25H2,1-4H3,(H,35,36)(H2,30,31,32)/t26-/m1/s1. The predicted octanol–water partition coefficient (Wildman–Crippen LogP) is 7.27. The maximum absolute atomic E-state index is 12.3. The Hall–Kier alpha value is -1.41. The third kappa shape index (κ3) is 15.6. The van der Waals surface area contributed by atoms with Crippen molar-refractivity contribution < 1.29 is 18.7 Å². The van der Waals surface area contributed by atoms with Gasteiger partial charge in [0.2, 0.25) is 0 Å². The number of hydrogen-bond donors (Lipinski definition) is 2. The first kappa shape index (κ1) is 35.8. The minimum atomic E-state index is -3.80. The first-order valence-electron chi connectivity index (χ1n) is 15.2. The van der Waals surface area contributed by atoms with E-state index in [0.29, 0.717) is 29.3 Å². The molecule has 0 fully saturated rings. The summed E-state index contributed by atoms with van der Waals surface area (Å²) in [5.41, 5.74) is 10.5. The van der Waals surface area contributed by atoms with E-state index in [9.17, 15) is 9.46 Å². The largest absolute Gasteiger partial charge is 0.382 e. The van der Waals surface area contributed by atoms with Gasteiger partial charge in [0.15, 0.2) is 11.5 Å². The van der Waals surface area contributed by atoms with Crippen LogP contribution in [-0.4, -0.2) is 63.1 Å². The highest BCUT2D eigenvalue weighted by Crippen LogP contribution is 2.42. The second-order valence-electron chi connectivity index (χ2n) is 11.3. The molecule has 41 heavy (non-hydrogen) atoms. The number of nitrogen functional groups attached to an aromatic ring is 1. The summed E-state index contributed by atoms with van der Waals surface area (Å²) in [6.07, 6.45) is 16.4. The van der Waals surface area contributed by atoms with Gasteiger partial charge in [-0.15, -0.1) is 11.5 Å². The molecular weight excluding hydrogens is 573 g/mol.